The molecule has 68 valence electrons. The van der Waals surface area contributed by atoms with Crippen LogP contribution in [0.25, 0.3) is 0 Å². The number of aromatic nitrogens is 3. The Bertz CT molecular complexity index is 232. The summed E-state index contributed by atoms with van der Waals surface area (Å²) >= 11 is 3.34. The van der Waals surface area contributed by atoms with Gasteiger partial charge in [-0.2, -0.15) is 0 Å². The van der Waals surface area contributed by atoms with E-state index in [4.69, 9.17) is 0 Å². The molecule has 1 rings (SSSR count). The van der Waals surface area contributed by atoms with Crippen LogP contribution in [-0.4, -0.2) is 15.0 Å². The molecule has 0 aromatic carbocycles. The third-order valence-electron chi connectivity index (χ3n) is 1.66. The van der Waals surface area contributed by atoms with Crippen molar-refractivity contribution in [1.82, 2.24) is 15.0 Å². The predicted molar refractivity (Wildman–Crippen MR) is 52.1 cm³/mol. The largest absolute Gasteiger partial charge is 0.252 e. The number of rotatable bonds is 4. The number of hydrogen-bond donors (Lipinski definition) is 0. The van der Waals surface area contributed by atoms with Gasteiger partial charge in [0.05, 0.1) is 5.69 Å². The molecule has 0 aliphatic rings. The standard InChI is InChI=1S/C8H14BrN3/c1-7(2)3-4-12-6-8(5-9)10-11-12/h6-7H,3-5H2,1-2H3. The molecule has 12 heavy (non-hydrogen) atoms. The van der Waals surface area contributed by atoms with E-state index < -0.39 is 0 Å². The first-order valence-electron chi connectivity index (χ1n) is 4.17. The maximum absolute atomic E-state index is 4.00. The summed E-state index contributed by atoms with van der Waals surface area (Å²) in [5.74, 6) is 0.724. The summed E-state index contributed by atoms with van der Waals surface area (Å²) in [4.78, 5) is 0. The normalized spacial score (nSPS) is 11.0. The second-order valence-electron chi connectivity index (χ2n) is 3.29. The van der Waals surface area contributed by atoms with Gasteiger partial charge in [-0.25, -0.2) is 0 Å². The molecule has 0 saturated carbocycles. The van der Waals surface area contributed by atoms with E-state index in [0.717, 1.165) is 29.9 Å². The van der Waals surface area contributed by atoms with Crippen molar-refractivity contribution in [1.29, 1.82) is 0 Å². The van der Waals surface area contributed by atoms with Crippen LogP contribution in [0.4, 0.5) is 0 Å². The number of aryl methyl sites for hydroxylation is 1. The molecule has 0 radical (unpaired) electrons. The SMILES string of the molecule is CC(C)CCn1cc(CBr)nn1. The van der Waals surface area contributed by atoms with Crippen molar-refractivity contribution in [2.75, 3.05) is 0 Å². The highest BCUT2D eigenvalue weighted by atomic mass is 79.9. The minimum atomic E-state index is 0.724. The molecule has 0 fully saturated rings. The molecule has 0 aliphatic heterocycles. The average Bonchev–Trinajstić information content (AvgIpc) is 2.48. The quantitative estimate of drug-likeness (QED) is 0.745. The Labute approximate surface area is 81.3 Å². The molecule has 0 N–H and O–H groups in total. The minimum absolute atomic E-state index is 0.724. The average molecular weight is 232 g/mol. The summed E-state index contributed by atoms with van der Waals surface area (Å²) in [6, 6.07) is 0. The van der Waals surface area contributed by atoms with E-state index in [1.165, 1.54) is 0 Å². The lowest BCUT2D eigenvalue weighted by atomic mass is 10.1. The Hall–Kier alpha value is -0.380. The minimum Gasteiger partial charge on any atom is -0.252 e. The number of alkyl halides is 1. The fourth-order valence-corrected chi connectivity index (χ4v) is 1.16. The van der Waals surface area contributed by atoms with Crippen molar-refractivity contribution in [3.05, 3.63) is 11.9 Å². The van der Waals surface area contributed by atoms with Gasteiger partial charge in [-0.15, -0.1) is 5.10 Å². The van der Waals surface area contributed by atoms with Crippen LogP contribution in [0.5, 0.6) is 0 Å². The Balaban J connectivity index is 2.41. The van der Waals surface area contributed by atoms with Crippen LogP contribution < -0.4 is 0 Å². The topological polar surface area (TPSA) is 30.7 Å². The van der Waals surface area contributed by atoms with Gasteiger partial charge < -0.3 is 0 Å². The lowest BCUT2D eigenvalue weighted by Crippen LogP contribution is -2.01. The Morgan fingerprint density at radius 1 is 1.58 bits per heavy atom. The smallest absolute Gasteiger partial charge is 0.0932 e. The van der Waals surface area contributed by atoms with Crippen LogP contribution in [0.15, 0.2) is 6.20 Å². The van der Waals surface area contributed by atoms with Gasteiger partial charge in [0.25, 0.3) is 0 Å². The van der Waals surface area contributed by atoms with Crippen LogP contribution in [0, 0.1) is 5.92 Å². The predicted octanol–water partition coefficient (Wildman–Crippen LogP) is 2.22. The molecule has 3 nitrogen and oxygen atoms in total. The van der Waals surface area contributed by atoms with Crippen molar-refractivity contribution in [3.63, 3.8) is 0 Å². The summed E-state index contributed by atoms with van der Waals surface area (Å²) in [7, 11) is 0. The molecule has 1 aromatic heterocycles. The molecule has 0 atom stereocenters. The van der Waals surface area contributed by atoms with Crippen LogP contribution in [0.1, 0.15) is 26.0 Å². The first-order valence-corrected chi connectivity index (χ1v) is 5.29. The molecule has 1 aromatic rings. The highest BCUT2D eigenvalue weighted by molar-refractivity contribution is 9.08. The van der Waals surface area contributed by atoms with E-state index in [9.17, 15) is 0 Å². The van der Waals surface area contributed by atoms with Crippen molar-refractivity contribution < 1.29 is 0 Å². The van der Waals surface area contributed by atoms with E-state index in [-0.39, 0.29) is 0 Å². The van der Waals surface area contributed by atoms with Crippen molar-refractivity contribution >= 4 is 15.9 Å². The van der Waals surface area contributed by atoms with E-state index in [1.807, 2.05) is 10.9 Å². The maximum Gasteiger partial charge on any atom is 0.0932 e. The molecule has 0 spiro atoms. The molecule has 0 bridgehead atoms. The van der Waals surface area contributed by atoms with Crippen molar-refractivity contribution in [2.45, 2.75) is 32.1 Å². The summed E-state index contributed by atoms with van der Waals surface area (Å²) in [5, 5.41) is 8.76. The maximum atomic E-state index is 4.00. The summed E-state index contributed by atoms with van der Waals surface area (Å²) in [5.41, 5.74) is 0.999. The van der Waals surface area contributed by atoms with E-state index >= 15 is 0 Å². The fourth-order valence-electron chi connectivity index (χ4n) is 0.900. The molecular formula is C8H14BrN3. The lowest BCUT2D eigenvalue weighted by molar-refractivity contribution is 0.478. The van der Waals surface area contributed by atoms with Crippen molar-refractivity contribution in [3.8, 4) is 0 Å². The fraction of sp³-hybridized carbons (Fsp3) is 0.750. The second-order valence-corrected chi connectivity index (χ2v) is 3.85. The zero-order valence-corrected chi connectivity index (χ0v) is 9.08. The van der Waals surface area contributed by atoms with Gasteiger partial charge in [0, 0.05) is 18.1 Å². The van der Waals surface area contributed by atoms with Crippen LogP contribution >= 0.6 is 15.9 Å². The van der Waals surface area contributed by atoms with Crippen molar-refractivity contribution in [2.24, 2.45) is 5.92 Å². The zero-order valence-electron chi connectivity index (χ0n) is 7.50. The molecule has 0 unspecified atom stereocenters. The Morgan fingerprint density at radius 2 is 2.33 bits per heavy atom. The zero-order chi connectivity index (χ0) is 8.97. The van der Waals surface area contributed by atoms with E-state index in [1.54, 1.807) is 0 Å². The monoisotopic (exact) mass is 231 g/mol. The number of halogens is 1. The molecule has 1 heterocycles. The molecule has 0 saturated heterocycles. The van der Waals surface area contributed by atoms with Gasteiger partial charge >= 0.3 is 0 Å². The third kappa shape index (κ3) is 2.93. The molecular weight excluding hydrogens is 218 g/mol. The Morgan fingerprint density at radius 3 is 2.83 bits per heavy atom. The van der Waals surface area contributed by atoms with Gasteiger partial charge in [0.15, 0.2) is 0 Å². The highest BCUT2D eigenvalue weighted by Gasteiger charge is 1.99. The van der Waals surface area contributed by atoms with Gasteiger partial charge in [-0.1, -0.05) is 35.0 Å². The number of nitrogens with zero attached hydrogens (tertiary/aromatic N) is 3. The third-order valence-corrected chi connectivity index (χ3v) is 2.23. The molecule has 4 heteroatoms. The van der Waals surface area contributed by atoms with Crippen LogP contribution in [-0.2, 0) is 11.9 Å². The van der Waals surface area contributed by atoms with Crippen LogP contribution in [0.2, 0.25) is 0 Å². The van der Waals surface area contributed by atoms with Gasteiger partial charge in [0.1, 0.15) is 0 Å². The Kier molecular flexibility index (Phi) is 3.72. The van der Waals surface area contributed by atoms with Gasteiger partial charge in [0.2, 0.25) is 0 Å². The molecule has 0 aliphatic carbocycles. The second kappa shape index (κ2) is 4.60. The first kappa shape index (κ1) is 9.71. The highest BCUT2D eigenvalue weighted by Crippen LogP contribution is 2.03. The summed E-state index contributed by atoms with van der Waals surface area (Å²) < 4.78 is 1.90. The van der Waals surface area contributed by atoms with Crippen LogP contribution in [0.3, 0.4) is 0 Å². The first-order chi connectivity index (χ1) is 5.72. The number of hydrogen-bond acceptors (Lipinski definition) is 2. The van der Waals surface area contributed by atoms with E-state index in [2.05, 4.69) is 40.1 Å². The van der Waals surface area contributed by atoms with Gasteiger partial charge in [-0.05, 0) is 12.3 Å². The van der Waals surface area contributed by atoms with Gasteiger partial charge in [-0.3, -0.25) is 4.68 Å². The van der Waals surface area contributed by atoms with E-state index in [0.29, 0.717) is 0 Å². The summed E-state index contributed by atoms with van der Waals surface area (Å²) in [6.07, 6.45) is 3.14. The molecule has 0 amide bonds. The summed E-state index contributed by atoms with van der Waals surface area (Å²) in [6.45, 7) is 5.39. The lowest BCUT2D eigenvalue weighted by Gasteiger charge is -2.02.